The van der Waals surface area contributed by atoms with Crippen LogP contribution in [0.5, 0.6) is 5.75 Å². The summed E-state index contributed by atoms with van der Waals surface area (Å²) in [6, 6.07) is 21.9. The van der Waals surface area contributed by atoms with Crippen molar-refractivity contribution in [2.75, 3.05) is 11.6 Å². The number of benzene rings is 2. The number of halogens is 1. The molecule has 1 N–H and O–H groups in total. The Labute approximate surface area is 230 Å². The van der Waals surface area contributed by atoms with Crippen LogP contribution in [0, 0.1) is 5.92 Å². The molecule has 6 rings (SSSR count). The third-order valence-electron chi connectivity index (χ3n) is 8.71. The predicted octanol–water partition coefficient (Wildman–Crippen LogP) is 6.01. The third kappa shape index (κ3) is 4.39. The number of hydrogen-bond acceptors (Lipinski definition) is 4. The molecule has 200 valence electrons. The van der Waals surface area contributed by atoms with Gasteiger partial charge in [-0.15, -0.1) is 12.4 Å². The lowest BCUT2D eigenvalue weighted by molar-refractivity contribution is 0.0144. The Balaban J connectivity index is 0.00000294. The maximum Gasteiger partial charge on any atom is 0.278 e. The molecule has 6 nitrogen and oxygen atoms in total. The first-order chi connectivity index (χ1) is 18.1. The molecule has 0 bridgehead atoms. The van der Waals surface area contributed by atoms with Crippen molar-refractivity contribution in [3.05, 3.63) is 100.0 Å². The Bertz CT molecular complexity index is 1280. The van der Waals surface area contributed by atoms with E-state index in [4.69, 9.17) is 0 Å². The highest BCUT2D eigenvalue weighted by Gasteiger charge is 2.55. The maximum absolute atomic E-state index is 14.2. The zero-order valence-corrected chi connectivity index (χ0v) is 22.5. The molecule has 2 heterocycles. The largest absolute Gasteiger partial charge is 0.502 e. The molecule has 0 unspecified atom stereocenters. The first kappa shape index (κ1) is 26.4. The van der Waals surface area contributed by atoms with Crippen LogP contribution in [-0.4, -0.2) is 32.8 Å². The fourth-order valence-corrected chi connectivity index (χ4v) is 6.97. The highest BCUT2D eigenvalue weighted by atomic mass is 35.5. The minimum atomic E-state index is -0.542. The van der Waals surface area contributed by atoms with Gasteiger partial charge in [-0.3, -0.25) is 19.3 Å². The molecule has 1 aromatic heterocycles. The SMILES string of the molecule is Cl.O=C1c2c(O)c(=O)ccn2N(C(c2ccccc2)c2ccccc2)C2(CCCC2)N1CC1CCCCC1. The first-order valence-corrected chi connectivity index (χ1v) is 13.8. The van der Waals surface area contributed by atoms with Gasteiger partial charge in [0.05, 0.1) is 6.04 Å². The van der Waals surface area contributed by atoms with Crippen molar-refractivity contribution in [3.8, 4) is 5.75 Å². The van der Waals surface area contributed by atoms with Gasteiger partial charge in [-0.1, -0.05) is 79.9 Å². The molecule has 2 saturated carbocycles. The summed E-state index contributed by atoms with van der Waals surface area (Å²) in [4.78, 5) is 28.9. The highest BCUT2D eigenvalue weighted by molar-refractivity contribution is 5.97. The molecule has 2 aromatic carbocycles. The molecule has 3 aromatic rings. The normalized spacial score (nSPS) is 19.0. The van der Waals surface area contributed by atoms with Crippen molar-refractivity contribution in [1.29, 1.82) is 0 Å². The molecule has 7 heteroatoms. The molecule has 2 fully saturated rings. The molecule has 1 aliphatic heterocycles. The molecule has 38 heavy (non-hydrogen) atoms. The number of aromatic hydroxyl groups is 1. The van der Waals surface area contributed by atoms with Crippen LogP contribution in [0.25, 0.3) is 0 Å². The average molecular weight is 534 g/mol. The van der Waals surface area contributed by atoms with E-state index < -0.39 is 16.8 Å². The lowest BCUT2D eigenvalue weighted by Gasteiger charge is -2.57. The number of pyridine rings is 1. The summed E-state index contributed by atoms with van der Waals surface area (Å²) in [7, 11) is 0. The van der Waals surface area contributed by atoms with Crippen molar-refractivity contribution in [2.24, 2.45) is 5.92 Å². The molecule has 0 atom stereocenters. The summed E-state index contributed by atoms with van der Waals surface area (Å²) < 4.78 is 1.80. The van der Waals surface area contributed by atoms with E-state index in [1.54, 1.807) is 10.9 Å². The third-order valence-corrected chi connectivity index (χ3v) is 8.71. The van der Waals surface area contributed by atoms with Gasteiger partial charge in [0.15, 0.2) is 11.4 Å². The van der Waals surface area contributed by atoms with Gasteiger partial charge in [0, 0.05) is 18.8 Å². The number of aromatic nitrogens is 1. The summed E-state index contributed by atoms with van der Waals surface area (Å²) in [6.07, 6.45) is 11.3. The predicted molar refractivity (Wildman–Crippen MR) is 151 cm³/mol. The van der Waals surface area contributed by atoms with Crippen LogP contribution in [0.2, 0.25) is 0 Å². The van der Waals surface area contributed by atoms with Gasteiger partial charge in [0.2, 0.25) is 5.43 Å². The van der Waals surface area contributed by atoms with E-state index in [9.17, 15) is 14.7 Å². The Morgan fingerprint density at radius 1 is 0.816 bits per heavy atom. The molecule has 1 spiro atoms. The summed E-state index contributed by atoms with van der Waals surface area (Å²) >= 11 is 0. The van der Waals surface area contributed by atoms with Crippen molar-refractivity contribution >= 4 is 18.3 Å². The number of hydrogen-bond donors (Lipinski definition) is 1. The number of carbonyl (C=O) groups is 1. The summed E-state index contributed by atoms with van der Waals surface area (Å²) in [5, 5.41) is 13.3. The number of nitrogens with zero attached hydrogens (tertiary/aromatic N) is 3. The second kappa shape index (κ2) is 10.9. The van der Waals surface area contributed by atoms with E-state index in [-0.39, 0.29) is 30.0 Å². The van der Waals surface area contributed by atoms with E-state index in [1.807, 2.05) is 41.3 Å². The van der Waals surface area contributed by atoms with Crippen molar-refractivity contribution < 1.29 is 9.90 Å². The lowest BCUT2D eigenvalue weighted by Crippen LogP contribution is -2.70. The van der Waals surface area contributed by atoms with Crippen LogP contribution in [0.15, 0.2) is 77.7 Å². The Morgan fingerprint density at radius 3 is 1.97 bits per heavy atom. The molecule has 1 amide bonds. The molecule has 2 aliphatic carbocycles. The van der Waals surface area contributed by atoms with Crippen LogP contribution < -0.4 is 10.4 Å². The number of carbonyl (C=O) groups excluding carboxylic acids is 1. The number of amides is 1. The van der Waals surface area contributed by atoms with Gasteiger partial charge in [0.1, 0.15) is 5.66 Å². The quantitative estimate of drug-likeness (QED) is 0.436. The van der Waals surface area contributed by atoms with Gasteiger partial charge in [-0.05, 0) is 55.6 Å². The fourth-order valence-electron chi connectivity index (χ4n) is 6.97. The van der Waals surface area contributed by atoms with Crippen molar-refractivity contribution in [2.45, 2.75) is 69.5 Å². The average Bonchev–Trinajstić information content (AvgIpc) is 3.42. The van der Waals surface area contributed by atoms with Crippen molar-refractivity contribution in [1.82, 2.24) is 9.58 Å². The molecule has 3 aliphatic rings. The van der Waals surface area contributed by atoms with Crippen LogP contribution in [-0.2, 0) is 0 Å². The van der Waals surface area contributed by atoms with E-state index in [2.05, 4.69) is 29.3 Å². The lowest BCUT2D eigenvalue weighted by atomic mass is 9.86. The Morgan fingerprint density at radius 2 is 1.39 bits per heavy atom. The number of rotatable bonds is 5. The van der Waals surface area contributed by atoms with E-state index in [0.717, 1.165) is 49.7 Å². The van der Waals surface area contributed by atoms with Crippen LogP contribution in [0.1, 0.15) is 85.4 Å². The smallest absolute Gasteiger partial charge is 0.278 e. The van der Waals surface area contributed by atoms with Crippen LogP contribution >= 0.6 is 12.4 Å². The molecule has 0 saturated heterocycles. The molecular formula is C31H36ClN3O3. The minimum absolute atomic E-state index is 0. The van der Waals surface area contributed by atoms with Crippen LogP contribution in [0.3, 0.4) is 0 Å². The topological polar surface area (TPSA) is 65.8 Å². The highest BCUT2D eigenvalue weighted by Crippen LogP contribution is 2.48. The van der Waals surface area contributed by atoms with E-state index in [0.29, 0.717) is 12.5 Å². The maximum atomic E-state index is 14.2. The zero-order chi connectivity index (χ0) is 25.4. The zero-order valence-electron chi connectivity index (χ0n) is 21.7. The summed E-state index contributed by atoms with van der Waals surface area (Å²) in [6.45, 7) is 0.661. The van der Waals surface area contributed by atoms with Gasteiger partial charge in [-0.2, -0.15) is 0 Å². The number of fused-ring (bicyclic) bond motifs is 1. The minimum Gasteiger partial charge on any atom is -0.502 e. The van der Waals surface area contributed by atoms with Gasteiger partial charge >= 0.3 is 0 Å². The van der Waals surface area contributed by atoms with E-state index in [1.165, 1.54) is 25.3 Å². The van der Waals surface area contributed by atoms with Crippen LogP contribution in [0.4, 0.5) is 0 Å². The van der Waals surface area contributed by atoms with E-state index >= 15 is 0 Å². The Hall–Kier alpha value is -3.25. The summed E-state index contributed by atoms with van der Waals surface area (Å²) in [5.41, 5.74) is 1.24. The molecule has 0 radical (unpaired) electrons. The van der Waals surface area contributed by atoms with Gasteiger partial charge in [-0.25, -0.2) is 0 Å². The Kier molecular flexibility index (Phi) is 7.53. The molecular weight excluding hydrogens is 498 g/mol. The second-order valence-electron chi connectivity index (χ2n) is 10.9. The van der Waals surface area contributed by atoms with Gasteiger partial charge < -0.3 is 10.0 Å². The fraction of sp³-hybridized carbons (Fsp3) is 0.419. The van der Waals surface area contributed by atoms with Crippen molar-refractivity contribution in [3.63, 3.8) is 0 Å². The monoisotopic (exact) mass is 533 g/mol. The first-order valence-electron chi connectivity index (χ1n) is 13.8. The summed E-state index contributed by atoms with van der Waals surface area (Å²) in [5.74, 6) is -0.245. The van der Waals surface area contributed by atoms with Gasteiger partial charge in [0.25, 0.3) is 5.91 Å². The second-order valence-corrected chi connectivity index (χ2v) is 10.9. The standard InChI is InChI=1S/C31H35N3O3.ClH/c35-26-18-21-33-28(29(26)36)30(37)32(22-23-12-4-1-5-13-23)31(19-10-11-20-31)34(33)27(24-14-6-2-7-15-24)25-16-8-3-9-17-25;/h2-3,6-9,14-18,21,23,27,36H,1,4-5,10-13,19-20,22H2;1H.